The van der Waals surface area contributed by atoms with Crippen molar-refractivity contribution in [3.8, 4) is 27.6 Å². The number of halogens is 2. The van der Waals surface area contributed by atoms with Crippen LogP contribution < -0.4 is 4.74 Å². The predicted molar refractivity (Wildman–Crippen MR) is 161 cm³/mol. The molecule has 1 atom stereocenters. The predicted octanol–water partition coefficient (Wildman–Crippen LogP) is 6.61. The van der Waals surface area contributed by atoms with Gasteiger partial charge in [-0.2, -0.15) is 0 Å². The van der Waals surface area contributed by atoms with Crippen LogP contribution in [0.2, 0.25) is 0 Å². The highest BCUT2D eigenvalue weighted by Gasteiger charge is 2.24. The topological polar surface area (TPSA) is 112 Å². The molecular weight excluding hydrogens is 609 g/mol. The van der Waals surface area contributed by atoms with E-state index in [1.807, 2.05) is 9.95 Å². The molecule has 1 saturated heterocycles. The van der Waals surface area contributed by atoms with Gasteiger partial charge in [-0.15, -0.1) is 11.3 Å². The van der Waals surface area contributed by atoms with Crippen LogP contribution in [-0.2, 0) is 24.3 Å². The van der Waals surface area contributed by atoms with E-state index in [9.17, 15) is 9.90 Å². The Morgan fingerprint density at radius 1 is 1.11 bits per heavy atom. The van der Waals surface area contributed by atoms with Crippen LogP contribution in [0.15, 0.2) is 66.3 Å². The van der Waals surface area contributed by atoms with Gasteiger partial charge in [-0.25, -0.2) is 32.9 Å². The first-order chi connectivity index (χ1) is 21.4. The molecule has 1 N–H and O–H groups in total. The Bertz CT molecular complexity index is 1990. The lowest BCUT2D eigenvalue weighted by Crippen LogP contribution is -2.31. The van der Waals surface area contributed by atoms with Crippen molar-refractivity contribution in [2.45, 2.75) is 32.1 Å². The van der Waals surface area contributed by atoms with Crippen LogP contribution in [0.25, 0.3) is 32.7 Å². The van der Waals surface area contributed by atoms with Crippen LogP contribution in [0.1, 0.15) is 33.2 Å². The number of thiazole rings is 1. The molecule has 1 unspecified atom stereocenters. The van der Waals surface area contributed by atoms with Gasteiger partial charge in [0, 0.05) is 48.0 Å². The first-order valence-electron chi connectivity index (χ1n) is 13.7. The number of carboxylic acid groups (broad SMARTS) is 1. The largest absolute Gasteiger partial charge is 0.478 e. The van der Waals surface area contributed by atoms with Gasteiger partial charge in [0.2, 0.25) is 5.88 Å². The number of carbonyl (C=O) groups is 1. The number of benzene rings is 2. The molecule has 1 aliphatic rings. The summed E-state index contributed by atoms with van der Waals surface area (Å²) < 4.78 is 48.4. The van der Waals surface area contributed by atoms with E-state index in [0.29, 0.717) is 30.0 Å². The Kier molecular flexibility index (Phi) is 7.58. The van der Waals surface area contributed by atoms with Crippen molar-refractivity contribution in [1.82, 2.24) is 23.9 Å². The number of pyridine rings is 1. The molecule has 7 rings (SSSR count). The molecule has 222 valence electrons. The third-order valence-electron chi connectivity index (χ3n) is 7.35. The molecule has 0 radical (unpaired) electrons. The number of aromatic nitrogens is 5. The van der Waals surface area contributed by atoms with Crippen molar-refractivity contribution in [3.63, 3.8) is 0 Å². The van der Waals surface area contributed by atoms with Gasteiger partial charge in [-0.3, -0.25) is 0 Å². The zero-order chi connectivity index (χ0) is 30.2. The number of hydrogen-bond acceptors (Lipinski definition) is 9. The maximum atomic E-state index is 15.5. The van der Waals surface area contributed by atoms with Crippen molar-refractivity contribution in [3.05, 3.63) is 99.9 Å². The van der Waals surface area contributed by atoms with Crippen molar-refractivity contribution in [1.29, 1.82) is 0 Å². The summed E-state index contributed by atoms with van der Waals surface area (Å²) in [5.41, 5.74) is 2.63. The molecule has 1 aliphatic heterocycles. The minimum absolute atomic E-state index is 0.000614. The second kappa shape index (κ2) is 11.8. The first kappa shape index (κ1) is 28.2. The molecule has 0 aliphatic carbocycles. The molecular formula is C31H23F2N5O4S2. The molecule has 13 heteroatoms. The quantitative estimate of drug-likeness (QED) is 0.180. The number of fused-ring (bicyclic) bond motifs is 1. The fourth-order valence-electron chi connectivity index (χ4n) is 4.98. The molecule has 0 bridgehead atoms. The van der Waals surface area contributed by atoms with Gasteiger partial charge < -0.3 is 19.1 Å². The van der Waals surface area contributed by atoms with Crippen molar-refractivity contribution in [2.24, 2.45) is 0 Å². The first-order valence-corrected chi connectivity index (χ1v) is 15.3. The van der Waals surface area contributed by atoms with Gasteiger partial charge in [-0.1, -0.05) is 6.07 Å². The van der Waals surface area contributed by atoms with E-state index in [-0.39, 0.29) is 47.4 Å². The van der Waals surface area contributed by atoms with E-state index in [1.54, 1.807) is 42.7 Å². The molecule has 44 heavy (non-hydrogen) atoms. The lowest BCUT2D eigenvalue weighted by molar-refractivity contribution is -0.0589. The third-order valence-corrected chi connectivity index (χ3v) is 8.96. The average Bonchev–Trinajstić information content (AvgIpc) is 3.76. The van der Waals surface area contributed by atoms with Crippen LogP contribution in [-0.4, -0.2) is 47.7 Å². The highest BCUT2D eigenvalue weighted by Crippen LogP contribution is 2.30. The molecule has 9 nitrogen and oxygen atoms in total. The summed E-state index contributed by atoms with van der Waals surface area (Å²) >= 11 is 2.85. The van der Waals surface area contributed by atoms with Gasteiger partial charge in [0.15, 0.2) is 0 Å². The SMILES string of the molecule is O=C(O)c1ccc2nc(Cc3cc(F)c(-c4cccc(OCc5ncc(-c6cnsc6)s5)n4)cc3F)n(CC3CCO3)c2c1. The Labute approximate surface area is 257 Å². The van der Waals surface area contributed by atoms with E-state index in [1.165, 1.54) is 28.9 Å². The molecule has 0 amide bonds. The monoisotopic (exact) mass is 631 g/mol. The summed E-state index contributed by atoms with van der Waals surface area (Å²) in [5, 5.41) is 12.2. The zero-order valence-electron chi connectivity index (χ0n) is 22.9. The van der Waals surface area contributed by atoms with Gasteiger partial charge >= 0.3 is 5.97 Å². The number of ether oxygens (including phenoxy) is 2. The Balaban J connectivity index is 1.12. The summed E-state index contributed by atoms with van der Waals surface area (Å²) in [4.78, 5) is 26.0. The summed E-state index contributed by atoms with van der Waals surface area (Å²) in [6, 6.07) is 11.8. The summed E-state index contributed by atoms with van der Waals surface area (Å²) in [7, 11) is 0. The summed E-state index contributed by atoms with van der Waals surface area (Å²) in [6.07, 6.45) is 4.34. The van der Waals surface area contributed by atoms with E-state index >= 15 is 8.78 Å². The Hall–Kier alpha value is -4.59. The van der Waals surface area contributed by atoms with Crippen LogP contribution in [0, 0.1) is 11.6 Å². The van der Waals surface area contributed by atoms with E-state index < -0.39 is 17.6 Å². The standard InChI is InChI=1S/C31H23F2N5O4S2/c32-22-11-21(24-2-1-3-29(37-24)42-15-30-34-13-27(44-30)19-12-35-43-16-19)23(33)8-18(22)10-28-36-25-5-4-17(31(39)40)9-26(25)38(28)14-20-6-7-41-20/h1-5,8-9,11-13,16,20H,6-7,10,14-15H2,(H,39,40). The summed E-state index contributed by atoms with van der Waals surface area (Å²) in [5.74, 6) is -1.57. The van der Waals surface area contributed by atoms with Crippen molar-refractivity contribution < 1.29 is 28.2 Å². The number of nitrogens with zero attached hydrogens (tertiary/aromatic N) is 5. The van der Waals surface area contributed by atoms with E-state index in [2.05, 4.69) is 19.3 Å². The summed E-state index contributed by atoms with van der Waals surface area (Å²) in [6.45, 7) is 1.25. The molecule has 4 aromatic heterocycles. The highest BCUT2D eigenvalue weighted by molar-refractivity contribution is 7.15. The van der Waals surface area contributed by atoms with Crippen LogP contribution in [0.5, 0.6) is 5.88 Å². The molecule has 1 fully saturated rings. The molecule has 0 spiro atoms. The Morgan fingerprint density at radius 2 is 2.00 bits per heavy atom. The van der Waals surface area contributed by atoms with E-state index in [4.69, 9.17) is 9.47 Å². The maximum absolute atomic E-state index is 15.5. The van der Waals surface area contributed by atoms with Gasteiger partial charge in [0.05, 0.1) is 39.8 Å². The van der Waals surface area contributed by atoms with Crippen LogP contribution in [0.4, 0.5) is 8.78 Å². The number of hydrogen-bond donors (Lipinski definition) is 1. The number of carboxylic acids is 1. The second-order valence-corrected chi connectivity index (χ2v) is 12.0. The van der Waals surface area contributed by atoms with Crippen LogP contribution in [0.3, 0.4) is 0 Å². The maximum Gasteiger partial charge on any atom is 0.335 e. The second-order valence-electron chi connectivity index (χ2n) is 10.2. The number of aromatic carboxylic acids is 1. The van der Waals surface area contributed by atoms with Crippen LogP contribution >= 0.6 is 22.9 Å². The number of imidazole rings is 1. The van der Waals surface area contributed by atoms with Crippen molar-refractivity contribution >= 4 is 39.9 Å². The molecule has 0 saturated carbocycles. The molecule has 6 aromatic rings. The van der Waals surface area contributed by atoms with E-state index in [0.717, 1.165) is 34.0 Å². The fourth-order valence-corrected chi connectivity index (χ4v) is 6.41. The minimum Gasteiger partial charge on any atom is -0.478 e. The number of rotatable bonds is 10. The lowest BCUT2D eigenvalue weighted by atomic mass is 10.0. The Morgan fingerprint density at radius 3 is 2.77 bits per heavy atom. The fraction of sp³-hybridized carbons (Fsp3) is 0.194. The lowest BCUT2D eigenvalue weighted by Gasteiger charge is -2.27. The third kappa shape index (κ3) is 5.68. The normalized spacial score (nSPS) is 14.5. The van der Waals surface area contributed by atoms with Gasteiger partial charge in [0.25, 0.3) is 0 Å². The molecule has 5 heterocycles. The zero-order valence-corrected chi connectivity index (χ0v) is 24.6. The van der Waals surface area contributed by atoms with Gasteiger partial charge in [0.1, 0.15) is 29.1 Å². The smallest absolute Gasteiger partial charge is 0.335 e. The highest BCUT2D eigenvalue weighted by atomic mass is 32.1. The van der Waals surface area contributed by atoms with Gasteiger partial charge in [-0.05, 0) is 59.9 Å². The molecule has 2 aromatic carbocycles. The minimum atomic E-state index is -1.06. The average molecular weight is 632 g/mol. The van der Waals surface area contributed by atoms with Crippen molar-refractivity contribution in [2.75, 3.05) is 6.61 Å².